The van der Waals surface area contributed by atoms with Gasteiger partial charge >= 0.3 is 41.5 Å². The zero-order valence-electron chi connectivity index (χ0n) is 13.0. The van der Waals surface area contributed by atoms with Crippen LogP contribution in [0.5, 0.6) is 0 Å². The molecular weight excluding hydrogens is 375 g/mol. The van der Waals surface area contributed by atoms with Gasteiger partial charge in [0.05, 0.1) is 29.2 Å². The molecule has 0 aliphatic rings. The van der Waals surface area contributed by atoms with E-state index in [1.807, 2.05) is 0 Å². The molecule has 0 radical (unpaired) electrons. The number of hydrogen-bond donors (Lipinski definition) is 2. The Kier molecular flexibility index (Phi) is 11.0. The number of hydrogen-bond acceptors (Lipinski definition) is 11. The summed E-state index contributed by atoms with van der Waals surface area (Å²) in [6.07, 6.45) is 0. The fourth-order valence-electron chi connectivity index (χ4n) is 1.47. The van der Waals surface area contributed by atoms with Gasteiger partial charge in [0, 0.05) is 0 Å². The van der Waals surface area contributed by atoms with Crippen LogP contribution in [0.4, 0.5) is 0 Å². The van der Waals surface area contributed by atoms with Gasteiger partial charge in [0.25, 0.3) is 0 Å². The maximum absolute atomic E-state index is 11.9. The predicted octanol–water partition coefficient (Wildman–Crippen LogP) is -4.24. The minimum atomic E-state index is -5.13. The minimum absolute atomic E-state index is 0. The maximum Gasteiger partial charge on any atom is 1.00 e. The summed E-state index contributed by atoms with van der Waals surface area (Å²) in [6.45, 7) is -1.76. The van der Waals surface area contributed by atoms with Crippen molar-refractivity contribution < 1.29 is 81.9 Å². The number of aliphatic hydroxyl groups excluding tert-OH is 2. The molecule has 0 bridgehead atoms. The second-order valence-corrected chi connectivity index (χ2v) is 5.31. The summed E-state index contributed by atoms with van der Waals surface area (Å²) in [5.74, 6) is -2.77. The van der Waals surface area contributed by atoms with Crippen molar-refractivity contribution in [1.29, 1.82) is 0 Å². The van der Waals surface area contributed by atoms with Crippen LogP contribution in [-0.4, -0.2) is 61.5 Å². The maximum atomic E-state index is 11.9. The van der Waals surface area contributed by atoms with Gasteiger partial charge in [0.15, 0.2) is 0 Å². The first kappa shape index (κ1) is 23.9. The van der Waals surface area contributed by atoms with Crippen molar-refractivity contribution in [2.75, 3.05) is 26.4 Å². The number of aliphatic hydroxyl groups is 2. The minimum Gasteiger partial charge on any atom is -0.744 e. The number of carbonyl (C=O) groups excluding carboxylic acids is 2. The van der Waals surface area contributed by atoms with Crippen LogP contribution >= 0.6 is 0 Å². The van der Waals surface area contributed by atoms with Crippen molar-refractivity contribution >= 4 is 22.1 Å². The van der Waals surface area contributed by atoms with Crippen LogP contribution in [0.1, 0.15) is 20.7 Å². The molecule has 0 aliphatic carbocycles. The van der Waals surface area contributed by atoms with Gasteiger partial charge in [-0.05, 0) is 12.1 Å². The molecule has 134 valence electrons. The molecule has 13 heteroatoms. The number of benzene rings is 1. The van der Waals surface area contributed by atoms with E-state index >= 15 is 0 Å². The molecule has 0 aliphatic heterocycles. The molecule has 0 amide bonds. The quantitative estimate of drug-likeness (QED) is 0.138. The normalized spacial score (nSPS) is 10.7. The Balaban J connectivity index is 0.00000576. The SMILES string of the molecule is O=C(OOCCO)c1cccc(S(=O)(=O)[O-])c1C(=O)OOCCO.[Na+]. The molecule has 25 heavy (non-hydrogen) atoms. The second kappa shape index (κ2) is 11.5. The predicted molar refractivity (Wildman–Crippen MR) is 71.3 cm³/mol. The summed E-state index contributed by atoms with van der Waals surface area (Å²) < 4.78 is 33.8. The van der Waals surface area contributed by atoms with Gasteiger partial charge < -0.3 is 14.8 Å². The van der Waals surface area contributed by atoms with Gasteiger partial charge in [-0.3, -0.25) is 9.78 Å². The van der Waals surface area contributed by atoms with Crippen molar-refractivity contribution in [2.45, 2.75) is 4.90 Å². The molecule has 11 nitrogen and oxygen atoms in total. The first-order chi connectivity index (χ1) is 11.3. The van der Waals surface area contributed by atoms with E-state index in [1.165, 1.54) is 0 Å². The summed E-state index contributed by atoms with van der Waals surface area (Å²) in [6, 6.07) is 2.80. The van der Waals surface area contributed by atoms with E-state index < -0.39 is 57.9 Å². The zero-order chi connectivity index (χ0) is 18.2. The van der Waals surface area contributed by atoms with Gasteiger partial charge in [-0.15, -0.1) is 0 Å². The van der Waals surface area contributed by atoms with Crippen molar-refractivity contribution in [1.82, 2.24) is 0 Å². The molecule has 0 spiro atoms. The Morgan fingerprint density at radius 3 is 2.00 bits per heavy atom. The van der Waals surface area contributed by atoms with E-state index in [4.69, 9.17) is 10.2 Å². The molecule has 2 N–H and O–H groups in total. The fraction of sp³-hybridized carbons (Fsp3) is 0.333. The Hall–Kier alpha value is -1.09. The van der Waals surface area contributed by atoms with Crippen LogP contribution in [-0.2, 0) is 29.7 Å². The third-order valence-electron chi connectivity index (χ3n) is 2.34. The molecule has 0 atom stereocenters. The zero-order valence-corrected chi connectivity index (χ0v) is 15.9. The molecule has 0 saturated carbocycles. The first-order valence-electron chi connectivity index (χ1n) is 6.31. The molecule has 1 aromatic rings. The van der Waals surface area contributed by atoms with Gasteiger partial charge in [0.2, 0.25) is 0 Å². The van der Waals surface area contributed by atoms with Gasteiger partial charge in [-0.25, -0.2) is 18.0 Å². The standard InChI is InChI=1S/C12H14O11S.Na/c13-4-6-20-22-11(15)8-2-1-3-9(24(17,18)19)10(8)12(16)23-21-7-5-14;/h1-3,13-14H,4-7H2,(H,17,18,19);/q;+1/p-1. The van der Waals surface area contributed by atoms with E-state index in [0.29, 0.717) is 0 Å². The molecule has 0 aromatic heterocycles. The summed E-state index contributed by atoms with van der Waals surface area (Å²) in [5.41, 5.74) is -1.55. The molecule has 1 rings (SSSR count). The van der Waals surface area contributed by atoms with Gasteiger partial charge in [-0.2, -0.15) is 9.78 Å². The molecule has 0 heterocycles. The number of carbonyl (C=O) groups is 2. The largest absolute Gasteiger partial charge is 1.00 e. The molecule has 0 saturated heterocycles. The summed E-state index contributed by atoms with van der Waals surface area (Å²) in [4.78, 5) is 39.8. The molecular formula is C12H13NaO11S. The monoisotopic (exact) mass is 388 g/mol. The van der Waals surface area contributed by atoms with Crippen molar-refractivity contribution in [2.24, 2.45) is 0 Å². The van der Waals surface area contributed by atoms with E-state index in [0.717, 1.165) is 18.2 Å². The first-order valence-corrected chi connectivity index (χ1v) is 7.72. The molecule has 1 aromatic carbocycles. The van der Waals surface area contributed by atoms with Crippen molar-refractivity contribution in [3.63, 3.8) is 0 Å². The average molecular weight is 388 g/mol. The second-order valence-electron chi connectivity index (χ2n) is 3.97. The smallest absolute Gasteiger partial charge is 0.744 e. The third kappa shape index (κ3) is 7.35. The summed E-state index contributed by atoms with van der Waals surface area (Å²) in [7, 11) is -5.13. The Morgan fingerprint density at radius 1 is 1.00 bits per heavy atom. The van der Waals surface area contributed by atoms with Crippen molar-refractivity contribution in [3.8, 4) is 0 Å². The summed E-state index contributed by atoms with van der Waals surface area (Å²) >= 11 is 0. The van der Waals surface area contributed by atoms with Crippen LogP contribution in [0, 0.1) is 0 Å². The van der Waals surface area contributed by atoms with E-state index in [2.05, 4.69) is 19.6 Å². The van der Waals surface area contributed by atoms with E-state index in [9.17, 15) is 22.6 Å². The third-order valence-corrected chi connectivity index (χ3v) is 3.22. The van der Waals surface area contributed by atoms with Crippen LogP contribution < -0.4 is 29.6 Å². The van der Waals surface area contributed by atoms with Crippen LogP contribution in [0.3, 0.4) is 0 Å². The van der Waals surface area contributed by atoms with Gasteiger partial charge in [-0.1, -0.05) is 6.07 Å². The van der Waals surface area contributed by atoms with Crippen molar-refractivity contribution in [3.05, 3.63) is 29.3 Å². The Labute approximate surface area is 164 Å². The Bertz CT molecular complexity index is 688. The fourth-order valence-corrected chi connectivity index (χ4v) is 2.16. The molecule has 0 fully saturated rings. The average Bonchev–Trinajstić information content (AvgIpc) is 2.53. The number of rotatable bonds is 9. The van der Waals surface area contributed by atoms with Crippen LogP contribution in [0.2, 0.25) is 0 Å². The van der Waals surface area contributed by atoms with E-state index in [1.54, 1.807) is 0 Å². The topological polar surface area (TPSA) is 169 Å². The van der Waals surface area contributed by atoms with Crippen LogP contribution in [0.15, 0.2) is 23.1 Å². The van der Waals surface area contributed by atoms with Gasteiger partial charge in [0.1, 0.15) is 23.3 Å². The molecule has 0 unspecified atom stereocenters. The summed E-state index contributed by atoms with van der Waals surface area (Å²) in [5, 5.41) is 17.0. The van der Waals surface area contributed by atoms with Crippen LogP contribution in [0.25, 0.3) is 0 Å². The Morgan fingerprint density at radius 2 is 1.52 bits per heavy atom. The van der Waals surface area contributed by atoms with E-state index in [-0.39, 0.29) is 36.2 Å².